The molecular weight excluding hydrogens is 1310 g/mol. The van der Waals surface area contributed by atoms with Gasteiger partial charge in [-0.3, -0.25) is 9.59 Å². The predicted molar refractivity (Wildman–Crippen MR) is 288 cm³/mol. The summed E-state index contributed by atoms with van der Waals surface area (Å²) in [6, 6.07) is -3.44. The van der Waals surface area contributed by atoms with E-state index in [1.165, 1.54) is 0 Å². The number of ether oxygens (including phenoxy) is 15. The van der Waals surface area contributed by atoms with E-state index >= 15 is 0 Å². The summed E-state index contributed by atoms with van der Waals surface area (Å²) in [6.07, 6.45) is -77.7. The topological polar surface area (TPSA) is 682 Å². The van der Waals surface area contributed by atoms with Gasteiger partial charge >= 0.3 is 0 Å². The third-order valence-electron chi connectivity index (χ3n) is 17.4. The van der Waals surface area contributed by atoms with Crippen molar-refractivity contribution < 1.29 is 203 Å². The van der Waals surface area contributed by atoms with Gasteiger partial charge in [-0.1, -0.05) is 0 Å². The van der Waals surface area contributed by atoms with Crippen LogP contribution in [0.1, 0.15) is 13.8 Å². The average molecular weight is 1400 g/mol. The van der Waals surface area contributed by atoms with Crippen molar-refractivity contribution in [3.05, 3.63) is 0 Å². The molecule has 2 amide bonds. The Bertz CT molecular complexity index is 2380. The fourth-order valence-corrected chi connectivity index (χ4v) is 12.1. The van der Waals surface area contributed by atoms with Crippen LogP contribution in [0.5, 0.6) is 0 Å². The van der Waals surface area contributed by atoms with Crippen LogP contribution >= 0.6 is 0 Å². The van der Waals surface area contributed by atoms with Gasteiger partial charge in [-0.05, 0) is 0 Å². The minimum atomic E-state index is -2.41. The molecule has 0 aromatic rings. The van der Waals surface area contributed by atoms with E-state index in [1.807, 2.05) is 0 Å². The molecule has 0 aromatic heterocycles. The Morgan fingerprint density at radius 1 is 0.274 bits per heavy atom. The van der Waals surface area contributed by atoms with Crippen LogP contribution in [0, 0.1) is 0 Å². The lowest BCUT2D eigenvalue weighted by Crippen LogP contribution is -2.70. The van der Waals surface area contributed by atoms with Crippen molar-refractivity contribution in [3.8, 4) is 0 Å². The van der Waals surface area contributed by atoms with Gasteiger partial charge in [0.2, 0.25) is 11.8 Å². The van der Waals surface area contributed by atoms with Gasteiger partial charge in [-0.2, -0.15) is 0 Å². The lowest BCUT2D eigenvalue weighted by molar-refractivity contribution is -0.395. The highest BCUT2D eigenvalue weighted by atomic mass is 16.8. The molecule has 0 spiro atoms. The Hall–Kier alpha value is -2.62. The molecule has 0 aliphatic carbocycles. The smallest absolute Gasteiger partial charge is 0.217 e. The number of nitrogens with one attached hydrogen (secondary N) is 2. The number of amides is 2. The normalized spacial score (nSPS) is 50.8. The van der Waals surface area contributed by atoms with Crippen molar-refractivity contribution in [2.24, 2.45) is 0 Å². The number of hydrogen-bond acceptors (Lipinski definition) is 41. The maximum Gasteiger partial charge on any atom is 0.217 e. The molecule has 0 unspecified atom stereocenters. The SMILES string of the molecule is CC(=O)N[C@@H]1[C@@H](O)[C@H](O[C@@H]2O[C@H](CO)[C@@H](O[C@@H]3O[C@H](CO[C@H]4O[C@H](CO[C@H]5O[C@H](CO)[C@@H](O)[C@H](O)[C@@H]5O)[C@@H](O)[C@H](O[C@H]5O[C@H](CO)[C@@H](O)[C@H](O)[C@@H]5O[C@H]5O[C@H](CO)[C@@H](O)[C@H](O)[C@@H]5O)[C@@H]4O)[C@@H](O)[C@H](O[C@H]4O[C@H](CO)[C@@H](O)[C@H](O)[C@@H]4O)[C@@H]3O)[C@H](O)[C@H]2NC(C)=O)[C@@H](CO)O[C@@H]1O. The number of hydrogen-bond donors (Lipinski definition) is 26. The molecule has 43 heteroatoms. The number of rotatable bonds is 24. The Morgan fingerprint density at radius 3 is 1.02 bits per heavy atom. The van der Waals surface area contributed by atoms with Gasteiger partial charge in [0.05, 0.1) is 52.9 Å². The molecule has 0 radical (unpaired) electrons. The van der Waals surface area contributed by atoms with Crippen molar-refractivity contribution in [3.63, 3.8) is 0 Å². The Morgan fingerprint density at radius 2 is 0.568 bits per heavy atom. The molecule has 95 heavy (non-hydrogen) atoms. The van der Waals surface area contributed by atoms with E-state index in [4.69, 9.17) is 71.1 Å². The molecule has 26 N–H and O–H groups in total. The number of aliphatic hydroxyl groups excluding tert-OH is 24. The molecule has 0 bridgehead atoms. The first-order valence-electron chi connectivity index (χ1n) is 30.1. The second kappa shape index (κ2) is 33.9. The lowest BCUT2D eigenvalue weighted by atomic mass is 9.94. The van der Waals surface area contributed by atoms with Gasteiger partial charge < -0.3 is 204 Å². The molecule has 8 saturated heterocycles. The van der Waals surface area contributed by atoms with Gasteiger partial charge in [0.25, 0.3) is 0 Å². The van der Waals surface area contributed by atoms with Gasteiger partial charge in [0.1, 0.15) is 195 Å². The quantitative estimate of drug-likeness (QED) is 0.0427. The lowest BCUT2D eigenvalue weighted by Gasteiger charge is -2.50. The first kappa shape index (κ1) is 78.1. The van der Waals surface area contributed by atoms with E-state index in [9.17, 15) is 132 Å². The zero-order valence-corrected chi connectivity index (χ0v) is 50.4. The summed E-state index contributed by atoms with van der Waals surface area (Å²) in [4.78, 5) is 24.8. The molecule has 0 aromatic carbocycles. The van der Waals surface area contributed by atoms with Crippen LogP contribution in [0.25, 0.3) is 0 Å². The number of carbonyl (C=O) groups is 2. The van der Waals surface area contributed by atoms with Gasteiger partial charge in [0.15, 0.2) is 50.3 Å². The van der Waals surface area contributed by atoms with Crippen LogP contribution in [-0.2, 0) is 80.6 Å². The highest BCUT2D eigenvalue weighted by molar-refractivity contribution is 5.73. The van der Waals surface area contributed by atoms with E-state index < -0.39 is 310 Å². The van der Waals surface area contributed by atoms with Crippen molar-refractivity contribution >= 4 is 11.8 Å². The fourth-order valence-electron chi connectivity index (χ4n) is 12.1. The first-order chi connectivity index (χ1) is 44.9. The molecule has 8 aliphatic rings. The standard InChI is InChI=1S/C52H88N2O41/c1-11(61)53-21-29(69)40(17(7-59)83-45(21)80)91-46-22(54-12(2)62)30(70)41(18(8-60)88-46)92-51-39(79)43(93-49-36(76)32(72)24(64)14(4-56)85-49)28(68)20(90-51)10-82-48-38(78)42(27(67)19(89-48)9-81-47-35(75)31(71)23(63)13(3-55)84-47)94-52-44(34(74)26(66)16(6-58)87-52)95-50-37(77)33(73)25(65)15(5-57)86-50/h13-52,55-60,63-80H,3-10H2,1-2H3,(H,53,61)(H,54,62)/t13-,14-,15-,16-,17-,18-,19-,20-,21-,22-,23-,24-,25-,26-,27-,28-,29-,30-,31+,32+,33+,34+,35+,36+,37+,38+,39+,40-,41-,42+,43+,44+,45+,46+,47+,48+,49-,50-,51+,52-/m1/s1. The van der Waals surface area contributed by atoms with Crippen LogP contribution in [0.3, 0.4) is 0 Å². The summed E-state index contributed by atoms with van der Waals surface area (Å²) in [5, 5.41) is 266. The fraction of sp³-hybridized carbons (Fsp3) is 0.962. The van der Waals surface area contributed by atoms with E-state index in [-0.39, 0.29) is 0 Å². The molecular formula is C52H88N2O41. The van der Waals surface area contributed by atoms with Gasteiger partial charge in [-0.15, -0.1) is 0 Å². The molecule has 43 nitrogen and oxygen atoms in total. The zero-order chi connectivity index (χ0) is 69.9. The van der Waals surface area contributed by atoms with Crippen molar-refractivity contribution in [1.29, 1.82) is 0 Å². The maximum absolute atomic E-state index is 12.8. The van der Waals surface area contributed by atoms with E-state index in [0.717, 1.165) is 13.8 Å². The average Bonchev–Trinajstić information content (AvgIpc) is 0.778. The molecule has 8 rings (SSSR count). The minimum absolute atomic E-state index is 0.757. The summed E-state index contributed by atoms with van der Waals surface area (Å²) in [5.41, 5.74) is 0. The Kier molecular flexibility index (Phi) is 27.9. The number of aliphatic hydroxyl groups is 24. The monoisotopic (exact) mass is 1400 g/mol. The predicted octanol–water partition coefficient (Wildman–Crippen LogP) is -18.2. The molecule has 40 atom stereocenters. The third-order valence-corrected chi connectivity index (χ3v) is 17.4. The van der Waals surface area contributed by atoms with Gasteiger partial charge in [-0.25, -0.2) is 0 Å². The molecule has 0 saturated carbocycles. The van der Waals surface area contributed by atoms with E-state index in [1.54, 1.807) is 0 Å². The summed E-state index contributed by atoms with van der Waals surface area (Å²) < 4.78 is 86.6. The number of carbonyl (C=O) groups excluding carboxylic acids is 2. The second-order valence-corrected chi connectivity index (χ2v) is 23.9. The largest absolute Gasteiger partial charge is 0.394 e. The Labute approximate surface area is 536 Å². The van der Waals surface area contributed by atoms with E-state index in [0.29, 0.717) is 0 Å². The van der Waals surface area contributed by atoms with Crippen LogP contribution in [0.2, 0.25) is 0 Å². The van der Waals surface area contributed by atoms with Crippen molar-refractivity contribution in [1.82, 2.24) is 10.6 Å². The van der Waals surface area contributed by atoms with Crippen molar-refractivity contribution in [2.75, 3.05) is 52.9 Å². The van der Waals surface area contributed by atoms with Crippen LogP contribution in [0.4, 0.5) is 0 Å². The summed E-state index contributed by atoms with van der Waals surface area (Å²) in [6.45, 7) is -6.24. The highest BCUT2D eigenvalue weighted by Crippen LogP contribution is 2.38. The van der Waals surface area contributed by atoms with E-state index in [2.05, 4.69) is 10.6 Å². The summed E-state index contributed by atoms with van der Waals surface area (Å²) in [5.74, 6) is -1.65. The summed E-state index contributed by atoms with van der Waals surface area (Å²) >= 11 is 0. The highest BCUT2D eigenvalue weighted by Gasteiger charge is 2.59. The molecule has 8 fully saturated rings. The van der Waals surface area contributed by atoms with Gasteiger partial charge in [0, 0.05) is 13.8 Å². The maximum atomic E-state index is 12.8. The molecule has 8 aliphatic heterocycles. The third kappa shape index (κ3) is 17.0. The molecule has 8 heterocycles. The second-order valence-electron chi connectivity index (χ2n) is 23.9. The molecule has 552 valence electrons. The first-order valence-corrected chi connectivity index (χ1v) is 30.1. The van der Waals surface area contributed by atoms with Crippen LogP contribution in [0.15, 0.2) is 0 Å². The van der Waals surface area contributed by atoms with Crippen LogP contribution in [-0.4, -0.2) is 433 Å². The van der Waals surface area contributed by atoms with Crippen LogP contribution < -0.4 is 10.6 Å². The van der Waals surface area contributed by atoms with Crippen molar-refractivity contribution in [2.45, 2.75) is 259 Å². The zero-order valence-electron chi connectivity index (χ0n) is 50.4. The minimum Gasteiger partial charge on any atom is -0.394 e. The Balaban J connectivity index is 1.10. The summed E-state index contributed by atoms with van der Waals surface area (Å²) in [7, 11) is 0.